The van der Waals surface area contributed by atoms with Crippen LogP contribution in [-0.4, -0.2) is 53.8 Å². The van der Waals surface area contributed by atoms with Crippen molar-refractivity contribution in [3.05, 3.63) is 29.6 Å². The Balaban J connectivity index is 3.06. The summed E-state index contributed by atoms with van der Waals surface area (Å²) in [6, 6.07) is 3.39. The van der Waals surface area contributed by atoms with Gasteiger partial charge in [-0.05, 0) is 26.0 Å². The zero-order valence-electron chi connectivity index (χ0n) is 12.1. The number of likely N-dealkylation sites (N-methyl/N-ethyl adjacent to an activating group) is 1. The fourth-order valence-corrected chi connectivity index (χ4v) is 1.93. The van der Waals surface area contributed by atoms with Gasteiger partial charge < -0.3 is 14.7 Å². The first-order chi connectivity index (χ1) is 9.65. The first-order valence-corrected chi connectivity index (χ1v) is 6.50. The molecular weight excluding hydrogens is 256 g/mol. The number of rotatable bonds is 5. The molecule has 5 nitrogen and oxygen atoms in total. The van der Waals surface area contributed by atoms with Crippen LogP contribution in [0.3, 0.4) is 0 Å². The highest BCUT2D eigenvalue weighted by molar-refractivity contribution is 5.95. The highest BCUT2D eigenvalue weighted by Crippen LogP contribution is 2.11. The lowest BCUT2D eigenvalue weighted by Crippen LogP contribution is -2.41. The topological polar surface area (TPSA) is 62.7 Å². The van der Waals surface area contributed by atoms with E-state index in [1.165, 1.54) is 0 Å². The van der Waals surface area contributed by atoms with Crippen LogP contribution < -0.4 is 0 Å². The van der Waals surface area contributed by atoms with E-state index in [2.05, 4.69) is 16.8 Å². The Morgan fingerprint density at radius 2 is 2.35 bits per heavy atom. The van der Waals surface area contributed by atoms with Crippen molar-refractivity contribution in [2.45, 2.75) is 19.9 Å². The molecule has 0 saturated heterocycles. The molecule has 0 bridgehead atoms. The van der Waals surface area contributed by atoms with Crippen LogP contribution in [0.15, 0.2) is 18.3 Å². The SMILES string of the molecule is CCN(C(=O)c1ncccc1C#CCO)C(C)COC. The lowest BCUT2D eigenvalue weighted by atomic mass is 10.1. The highest BCUT2D eigenvalue weighted by atomic mass is 16.5. The Bertz CT molecular complexity index is 505. The second-order valence-corrected chi connectivity index (χ2v) is 4.25. The Hall–Kier alpha value is -1.90. The van der Waals surface area contributed by atoms with Crippen molar-refractivity contribution in [2.75, 3.05) is 26.9 Å². The third-order valence-electron chi connectivity index (χ3n) is 2.85. The first kappa shape index (κ1) is 16.2. The Kier molecular flexibility index (Phi) is 6.71. The molecule has 0 spiro atoms. The number of aromatic nitrogens is 1. The molecule has 20 heavy (non-hydrogen) atoms. The van der Waals surface area contributed by atoms with Crippen LogP contribution in [0.2, 0.25) is 0 Å². The average molecular weight is 276 g/mol. The second-order valence-electron chi connectivity index (χ2n) is 4.25. The normalized spacial score (nSPS) is 11.4. The van der Waals surface area contributed by atoms with Gasteiger partial charge in [0.15, 0.2) is 0 Å². The van der Waals surface area contributed by atoms with Crippen LogP contribution in [0.25, 0.3) is 0 Å². The number of ether oxygens (including phenoxy) is 1. The number of pyridine rings is 1. The molecule has 1 aromatic rings. The Morgan fingerprint density at radius 3 is 2.95 bits per heavy atom. The molecular formula is C15H20N2O3. The van der Waals surface area contributed by atoms with Gasteiger partial charge in [-0.1, -0.05) is 11.8 Å². The van der Waals surface area contributed by atoms with E-state index < -0.39 is 0 Å². The van der Waals surface area contributed by atoms with E-state index in [9.17, 15) is 4.79 Å². The standard InChI is InChI=1S/C15H20N2O3/c1-4-17(12(2)11-20-3)15(19)14-13(8-6-10-18)7-5-9-16-14/h5,7,9,12,18H,4,10-11H2,1-3H3. The lowest BCUT2D eigenvalue weighted by Gasteiger charge is -2.27. The molecule has 0 saturated carbocycles. The van der Waals surface area contributed by atoms with Crippen LogP contribution in [0.1, 0.15) is 29.9 Å². The molecule has 0 fully saturated rings. The van der Waals surface area contributed by atoms with Crippen molar-refractivity contribution in [1.82, 2.24) is 9.88 Å². The van der Waals surface area contributed by atoms with Crippen molar-refractivity contribution in [1.29, 1.82) is 0 Å². The molecule has 0 radical (unpaired) electrons. The predicted molar refractivity (Wildman–Crippen MR) is 76.2 cm³/mol. The average Bonchev–Trinajstić information content (AvgIpc) is 2.46. The number of amides is 1. The molecule has 0 aliphatic carbocycles. The molecule has 1 amide bonds. The summed E-state index contributed by atoms with van der Waals surface area (Å²) in [5, 5.41) is 8.76. The van der Waals surface area contributed by atoms with E-state index in [0.29, 0.717) is 24.4 Å². The third kappa shape index (κ3) is 4.05. The molecule has 108 valence electrons. The minimum absolute atomic E-state index is 0.0434. The molecule has 0 aliphatic heterocycles. The summed E-state index contributed by atoms with van der Waals surface area (Å²) in [7, 11) is 1.60. The van der Waals surface area contributed by atoms with Crippen molar-refractivity contribution in [3.63, 3.8) is 0 Å². The zero-order chi connectivity index (χ0) is 15.0. The number of methoxy groups -OCH3 is 1. The van der Waals surface area contributed by atoms with E-state index in [4.69, 9.17) is 9.84 Å². The van der Waals surface area contributed by atoms with Gasteiger partial charge in [-0.25, -0.2) is 4.98 Å². The number of aliphatic hydroxyl groups is 1. The number of nitrogens with zero attached hydrogens (tertiary/aromatic N) is 2. The molecule has 0 aromatic carbocycles. The van der Waals surface area contributed by atoms with Gasteiger partial charge in [0, 0.05) is 19.9 Å². The van der Waals surface area contributed by atoms with Crippen LogP contribution in [0, 0.1) is 11.8 Å². The summed E-state index contributed by atoms with van der Waals surface area (Å²) in [5.74, 6) is 5.11. The fraction of sp³-hybridized carbons (Fsp3) is 0.467. The summed E-state index contributed by atoms with van der Waals surface area (Å²) < 4.78 is 5.09. The van der Waals surface area contributed by atoms with Crippen molar-refractivity contribution in [3.8, 4) is 11.8 Å². The maximum atomic E-state index is 12.6. The molecule has 5 heteroatoms. The van der Waals surface area contributed by atoms with Gasteiger partial charge in [-0.3, -0.25) is 4.79 Å². The maximum absolute atomic E-state index is 12.6. The van der Waals surface area contributed by atoms with E-state index in [0.717, 1.165) is 0 Å². The van der Waals surface area contributed by atoms with Crippen LogP contribution in [-0.2, 0) is 4.74 Å². The Labute approximate surface area is 119 Å². The second kappa shape index (κ2) is 8.31. The van der Waals surface area contributed by atoms with Crippen LogP contribution in [0.4, 0.5) is 0 Å². The van der Waals surface area contributed by atoms with Gasteiger partial charge in [0.1, 0.15) is 12.3 Å². The molecule has 1 N–H and O–H groups in total. The van der Waals surface area contributed by atoms with Gasteiger partial charge in [-0.2, -0.15) is 0 Å². The summed E-state index contributed by atoms with van der Waals surface area (Å²) >= 11 is 0. The van der Waals surface area contributed by atoms with E-state index in [-0.39, 0.29) is 18.6 Å². The van der Waals surface area contributed by atoms with Gasteiger partial charge in [0.2, 0.25) is 0 Å². The molecule has 1 aromatic heterocycles. The van der Waals surface area contributed by atoms with E-state index in [1.807, 2.05) is 13.8 Å². The van der Waals surface area contributed by atoms with Crippen molar-refractivity contribution >= 4 is 5.91 Å². The van der Waals surface area contributed by atoms with Gasteiger partial charge in [-0.15, -0.1) is 0 Å². The quantitative estimate of drug-likeness (QED) is 0.812. The summed E-state index contributed by atoms with van der Waals surface area (Å²) in [6.45, 7) is 4.61. The highest BCUT2D eigenvalue weighted by Gasteiger charge is 2.22. The van der Waals surface area contributed by atoms with Crippen LogP contribution >= 0.6 is 0 Å². The zero-order valence-corrected chi connectivity index (χ0v) is 12.1. The number of hydrogen-bond acceptors (Lipinski definition) is 4. The minimum atomic E-state index is -0.250. The maximum Gasteiger partial charge on any atom is 0.274 e. The number of hydrogen-bond donors (Lipinski definition) is 1. The largest absolute Gasteiger partial charge is 0.384 e. The number of carbonyl (C=O) groups is 1. The van der Waals surface area contributed by atoms with E-state index in [1.54, 1.807) is 30.3 Å². The van der Waals surface area contributed by atoms with Gasteiger partial charge >= 0.3 is 0 Å². The lowest BCUT2D eigenvalue weighted by molar-refractivity contribution is 0.0573. The smallest absolute Gasteiger partial charge is 0.274 e. The monoisotopic (exact) mass is 276 g/mol. The van der Waals surface area contributed by atoms with E-state index >= 15 is 0 Å². The first-order valence-electron chi connectivity index (χ1n) is 6.50. The van der Waals surface area contributed by atoms with Crippen molar-refractivity contribution in [2.24, 2.45) is 0 Å². The third-order valence-corrected chi connectivity index (χ3v) is 2.85. The summed E-state index contributed by atoms with van der Waals surface area (Å²) in [6.07, 6.45) is 1.56. The minimum Gasteiger partial charge on any atom is -0.384 e. The fourth-order valence-electron chi connectivity index (χ4n) is 1.93. The molecule has 0 aliphatic rings. The van der Waals surface area contributed by atoms with Gasteiger partial charge in [0.25, 0.3) is 5.91 Å². The molecule has 1 rings (SSSR count). The number of carbonyl (C=O) groups excluding carboxylic acids is 1. The van der Waals surface area contributed by atoms with Crippen LogP contribution in [0.5, 0.6) is 0 Å². The summed E-state index contributed by atoms with van der Waals surface area (Å²) in [5.41, 5.74) is 0.827. The summed E-state index contributed by atoms with van der Waals surface area (Å²) in [4.78, 5) is 18.4. The van der Waals surface area contributed by atoms with Gasteiger partial charge in [0.05, 0.1) is 18.2 Å². The molecule has 1 atom stereocenters. The Morgan fingerprint density at radius 1 is 1.60 bits per heavy atom. The number of aliphatic hydroxyl groups excluding tert-OH is 1. The predicted octanol–water partition coefficient (Wildman–Crippen LogP) is 0.922. The molecule has 1 heterocycles. The molecule has 1 unspecified atom stereocenters. The van der Waals surface area contributed by atoms with Crippen molar-refractivity contribution < 1.29 is 14.6 Å².